The molecule has 0 aromatic heterocycles. The second-order valence-electron chi connectivity index (χ2n) is 6.83. The number of quaternary nitrogens is 1. The van der Waals surface area contributed by atoms with Crippen LogP contribution >= 0.6 is 0 Å². The Labute approximate surface area is 146 Å². The van der Waals surface area contributed by atoms with Crippen LogP contribution in [0.4, 0.5) is 11.4 Å². The van der Waals surface area contributed by atoms with Crippen molar-refractivity contribution < 1.29 is 9.90 Å². The van der Waals surface area contributed by atoms with E-state index in [4.69, 9.17) is 5.41 Å². The molecule has 2 aromatic rings. The Morgan fingerprint density at radius 2 is 1.76 bits per heavy atom. The zero-order valence-electron chi connectivity index (χ0n) is 14.4. The van der Waals surface area contributed by atoms with Crippen molar-refractivity contribution in [3.8, 4) is 0 Å². The van der Waals surface area contributed by atoms with Gasteiger partial charge in [0.05, 0.1) is 38.1 Å². The number of Topliss-reactive ketones (excluding diaryl/α,β-unsaturated/α-hetero) is 1. The Kier molecular flexibility index (Phi) is 4.24. The predicted molar refractivity (Wildman–Crippen MR) is 101 cm³/mol. The van der Waals surface area contributed by atoms with E-state index in [0.29, 0.717) is 21.3 Å². The van der Waals surface area contributed by atoms with Crippen molar-refractivity contribution in [1.82, 2.24) is 4.48 Å². The Balaban J connectivity index is 2.05. The maximum absolute atomic E-state index is 12.8. The maximum Gasteiger partial charge on any atom is 0.204 e. The molecule has 25 heavy (non-hydrogen) atoms. The zero-order chi connectivity index (χ0) is 18.2. The first-order chi connectivity index (χ1) is 11.8. The third-order valence-corrected chi connectivity index (χ3v) is 4.12. The van der Waals surface area contributed by atoms with Crippen molar-refractivity contribution in [3.63, 3.8) is 0 Å². The molecular weight excluding hydrogens is 316 g/mol. The summed E-state index contributed by atoms with van der Waals surface area (Å²) in [6.07, 6.45) is -1.45. The molecule has 0 amide bonds. The number of rotatable bonds is 3. The van der Waals surface area contributed by atoms with E-state index in [2.05, 4.69) is 10.5 Å². The number of carbonyl (C=O) groups excluding carboxylic acids is 1. The smallest absolute Gasteiger partial charge is 0.204 e. The number of hydrogen-bond acceptors (Lipinski definition) is 5. The van der Waals surface area contributed by atoms with Gasteiger partial charge in [-0.1, -0.05) is 30.3 Å². The second-order valence-corrected chi connectivity index (χ2v) is 6.83. The van der Waals surface area contributed by atoms with Gasteiger partial charge in [-0.05, 0) is 18.2 Å². The highest BCUT2D eigenvalue weighted by Gasteiger charge is 2.39. The summed E-state index contributed by atoms with van der Waals surface area (Å²) in [6, 6.07) is 14.6. The number of aliphatic hydroxyl groups excluding tert-OH is 1. The van der Waals surface area contributed by atoms with Gasteiger partial charge in [0.15, 0.2) is 6.10 Å². The van der Waals surface area contributed by atoms with Gasteiger partial charge in [-0.15, -0.1) is 0 Å². The molecule has 128 valence electrons. The van der Waals surface area contributed by atoms with Gasteiger partial charge in [0.25, 0.3) is 0 Å². The molecule has 0 fully saturated rings. The van der Waals surface area contributed by atoms with E-state index in [1.807, 2.05) is 63.6 Å². The van der Waals surface area contributed by atoms with Gasteiger partial charge in [-0.2, -0.15) is 5.10 Å². The van der Waals surface area contributed by atoms with Gasteiger partial charge in [0.2, 0.25) is 5.78 Å². The van der Waals surface area contributed by atoms with Crippen LogP contribution in [0, 0.1) is 5.41 Å². The minimum atomic E-state index is -1.45. The van der Waals surface area contributed by atoms with Gasteiger partial charge in [-0.3, -0.25) is 20.1 Å². The minimum Gasteiger partial charge on any atom is -0.378 e. The van der Waals surface area contributed by atoms with Crippen LogP contribution in [0.3, 0.4) is 0 Å². The Bertz CT molecular complexity index is 867. The van der Waals surface area contributed by atoms with Gasteiger partial charge in [0.1, 0.15) is 11.4 Å². The third kappa shape index (κ3) is 3.09. The molecule has 0 aliphatic heterocycles. The lowest BCUT2D eigenvalue weighted by molar-refractivity contribution is 0.0842. The number of anilines is 1. The fourth-order valence-corrected chi connectivity index (χ4v) is 2.86. The highest BCUT2D eigenvalue weighted by molar-refractivity contribution is 6.56. The fourth-order valence-electron chi connectivity index (χ4n) is 2.86. The van der Waals surface area contributed by atoms with Crippen molar-refractivity contribution in [1.29, 1.82) is 5.41 Å². The van der Waals surface area contributed by atoms with Crippen LogP contribution in [0.5, 0.6) is 0 Å². The molecule has 2 aromatic carbocycles. The summed E-state index contributed by atoms with van der Waals surface area (Å²) in [4.78, 5) is 12.8. The number of hydrazone groups is 1. The van der Waals surface area contributed by atoms with E-state index in [9.17, 15) is 9.90 Å². The molecule has 1 atom stereocenters. The molecule has 6 heteroatoms. The molecule has 0 spiro atoms. The van der Waals surface area contributed by atoms with Crippen molar-refractivity contribution in [3.05, 3.63) is 59.7 Å². The van der Waals surface area contributed by atoms with Gasteiger partial charge < -0.3 is 5.11 Å². The molecular formula is C19H21N4O2+. The largest absolute Gasteiger partial charge is 0.378 e. The number of nitrogens with one attached hydrogen (secondary N) is 2. The van der Waals surface area contributed by atoms with Crippen molar-refractivity contribution in [2.75, 3.05) is 26.6 Å². The number of nitrogens with zero attached hydrogens (tertiary/aromatic N) is 2. The van der Waals surface area contributed by atoms with E-state index in [1.165, 1.54) is 0 Å². The summed E-state index contributed by atoms with van der Waals surface area (Å²) in [6.45, 7) is 0. The standard InChI is InChI=1S/C19H21N4O2/c1-23(2,3)14-11-7-10-13-15(14)18(24)19(25)17(16(13)20)22-21-12-8-5-4-6-9-12/h4-11,19-21,25H,1-3H3/q+1. The molecule has 0 saturated carbocycles. The average Bonchev–Trinajstić information content (AvgIpc) is 2.59. The van der Waals surface area contributed by atoms with E-state index < -0.39 is 11.9 Å². The molecule has 6 nitrogen and oxygen atoms in total. The summed E-state index contributed by atoms with van der Waals surface area (Å²) in [7, 11) is 5.83. The van der Waals surface area contributed by atoms with Crippen LogP contribution in [0.25, 0.3) is 0 Å². The summed E-state index contributed by atoms with van der Waals surface area (Å²) >= 11 is 0. The fraction of sp³-hybridized carbons (Fsp3) is 0.211. The summed E-state index contributed by atoms with van der Waals surface area (Å²) < 4.78 is 0.420. The van der Waals surface area contributed by atoms with Crippen molar-refractivity contribution >= 4 is 28.6 Å². The molecule has 1 unspecified atom stereocenters. The van der Waals surface area contributed by atoms with Gasteiger partial charge in [-0.25, -0.2) is 0 Å². The first kappa shape index (κ1) is 17.0. The number of hydrogen-bond donors (Lipinski definition) is 3. The average molecular weight is 337 g/mol. The molecule has 0 heterocycles. The topological polar surface area (TPSA) is 85.5 Å². The molecule has 0 bridgehead atoms. The number of ketones is 1. The van der Waals surface area contributed by atoms with E-state index in [-0.39, 0.29) is 11.4 Å². The lowest BCUT2D eigenvalue weighted by atomic mass is 9.84. The predicted octanol–water partition coefficient (Wildman–Crippen LogP) is 2.28. The second kappa shape index (κ2) is 6.23. The zero-order valence-corrected chi connectivity index (χ0v) is 14.4. The van der Waals surface area contributed by atoms with Crippen LogP contribution in [-0.2, 0) is 0 Å². The van der Waals surface area contributed by atoms with E-state index in [1.54, 1.807) is 6.07 Å². The summed E-state index contributed by atoms with van der Waals surface area (Å²) in [5, 5.41) is 23.0. The van der Waals surface area contributed by atoms with E-state index >= 15 is 0 Å². The SMILES string of the molecule is C[N+](C)(C)c1cccc2c1C(=O)C(O)C(=NNc1ccccc1)C2=N. The number of carbonyl (C=O) groups is 1. The van der Waals surface area contributed by atoms with Crippen LogP contribution < -0.4 is 9.91 Å². The Morgan fingerprint density at radius 1 is 1.08 bits per heavy atom. The molecule has 1 aliphatic rings. The lowest BCUT2D eigenvalue weighted by Crippen LogP contribution is -2.45. The Hall–Kier alpha value is -2.83. The van der Waals surface area contributed by atoms with Crippen LogP contribution in [0.2, 0.25) is 0 Å². The highest BCUT2D eigenvalue weighted by atomic mass is 16.3. The molecule has 1 aliphatic carbocycles. The third-order valence-electron chi connectivity index (χ3n) is 4.12. The Morgan fingerprint density at radius 3 is 2.40 bits per heavy atom. The molecule has 3 rings (SSSR count). The molecule has 3 N–H and O–H groups in total. The number of fused-ring (bicyclic) bond motifs is 1. The van der Waals surface area contributed by atoms with Gasteiger partial charge in [0, 0.05) is 5.56 Å². The first-order valence-electron chi connectivity index (χ1n) is 7.96. The van der Waals surface area contributed by atoms with Crippen molar-refractivity contribution in [2.45, 2.75) is 6.10 Å². The summed E-state index contributed by atoms with van der Waals surface area (Å²) in [5.74, 6) is -0.428. The lowest BCUT2D eigenvalue weighted by Gasteiger charge is -2.30. The summed E-state index contributed by atoms with van der Waals surface area (Å²) in [5.41, 5.74) is 5.26. The van der Waals surface area contributed by atoms with E-state index in [0.717, 1.165) is 5.69 Å². The van der Waals surface area contributed by atoms with Crippen LogP contribution in [0.1, 0.15) is 15.9 Å². The minimum absolute atomic E-state index is 0.0277. The van der Waals surface area contributed by atoms with Crippen molar-refractivity contribution in [2.24, 2.45) is 5.10 Å². The van der Waals surface area contributed by atoms with Crippen LogP contribution in [-0.4, -0.2) is 49.6 Å². The highest BCUT2D eigenvalue weighted by Crippen LogP contribution is 2.31. The van der Waals surface area contributed by atoms with Crippen LogP contribution in [0.15, 0.2) is 53.6 Å². The number of benzene rings is 2. The molecule has 0 saturated heterocycles. The number of para-hydroxylation sites is 1. The number of aliphatic hydroxyl groups is 1. The van der Waals surface area contributed by atoms with Gasteiger partial charge >= 0.3 is 0 Å². The first-order valence-corrected chi connectivity index (χ1v) is 7.96. The monoisotopic (exact) mass is 337 g/mol. The molecule has 0 radical (unpaired) electrons. The maximum atomic E-state index is 12.8. The normalized spacial score (nSPS) is 19.0. The quantitative estimate of drug-likeness (QED) is 0.593.